The lowest BCUT2D eigenvalue weighted by Crippen LogP contribution is -2.23. The summed E-state index contributed by atoms with van der Waals surface area (Å²) in [6.45, 7) is 6.08. The molecule has 37 heavy (non-hydrogen) atoms. The summed E-state index contributed by atoms with van der Waals surface area (Å²) in [6.07, 6.45) is 1.70. The Labute approximate surface area is 222 Å². The molecule has 0 spiro atoms. The fraction of sp³-hybridized carbons (Fsp3) is 0.172. The van der Waals surface area contributed by atoms with Gasteiger partial charge in [0.25, 0.3) is 5.56 Å². The minimum atomic E-state index is -0.227. The van der Waals surface area contributed by atoms with Gasteiger partial charge in [-0.3, -0.25) is 9.59 Å². The molecule has 0 unspecified atom stereocenters. The van der Waals surface area contributed by atoms with Gasteiger partial charge in [-0.05, 0) is 43.3 Å². The van der Waals surface area contributed by atoms with E-state index in [0.29, 0.717) is 16.7 Å². The average Bonchev–Trinajstić information content (AvgIpc) is 3.14. The largest absolute Gasteiger partial charge is 0.335 e. The third-order valence-electron chi connectivity index (χ3n) is 6.29. The number of para-hydroxylation sites is 2. The summed E-state index contributed by atoms with van der Waals surface area (Å²) in [4.78, 5) is 31.0. The molecule has 2 aromatic heterocycles. The van der Waals surface area contributed by atoms with E-state index in [1.807, 2.05) is 92.1 Å². The van der Waals surface area contributed by atoms with Crippen LogP contribution in [0, 0.1) is 6.92 Å². The van der Waals surface area contributed by atoms with Crippen LogP contribution < -0.4 is 10.9 Å². The number of anilines is 1. The van der Waals surface area contributed by atoms with Gasteiger partial charge >= 0.3 is 0 Å². The van der Waals surface area contributed by atoms with Gasteiger partial charge in [-0.15, -0.1) is 0 Å². The number of fused-ring (bicyclic) bond motifs is 2. The molecule has 5 aromatic rings. The number of carbonyl (C=O) groups is 1. The Kier molecular flexibility index (Phi) is 6.76. The molecule has 0 atom stereocenters. The molecule has 0 aliphatic heterocycles. The van der Waals surface area contributed by atoms with Crippen LogP contribution in [0.2, 0.25) is 0 Å². The van der Waals surface area contributed by atoms with Crippen molar-refractivity contribution in [2.75, 3.05) is 5.32 Å². The Bertz CT molecular complexity index is 1720. The van der Waals surface area contributed by atoms with Crippen LogP contribution in [0.5, 0.6) is 0 Å². The summed E-state index contributed by atoms with van der Waals surface area (Å²) in [7, 11) is 0. The summed E-state index contributed by atoms with van der Waals surface area (Å²) >= 11 is 3.44. The highest BCUT2D eigenvalue weighted by atomic mass is 79.9. The maximum atomic E-state index is 13.4. The lowest BCUT2D eigenvalue weighted by atomic mass is 10.1. The van der Waals surface area contributed by atoms with Gasteiger partial charge in [0.2, 0.25) is 5.91 Å². The summed E-state index contributed by atoms with van der Waals surface area (Å²) < 4.78 is 4.16. The molecule has 0 saturated carbocycles. The number of nitrogens with zero attached hydrogens (tertiary/aromatic N) is 4. The second kappa shape index (κ2) is 10.1. The first kappa shape index (κ1) is 24.6. The zero-order valence-corrected chi connectivity index (χ0v) is 22.4. The van der Waals surface area contributed by atoms with Crippen molar-refractivity contribution in [3.63, 3.8) is 0 Å². The molecule has 1 N–H and O–H groups in total. The van der Waals surface area contributed by atoms with Gasteiger partial charge in [-0.25, -0.2) is 4.98 Å². The average molecular weight is 556 g/mol. The predicted molar refractivity (Wildman–Crippen MR) is 153 cm³/mol. The van der Waals surface area contributed by atoms with Gasteiger partial charge in [0.05, 0.1) is 17.1 Å². The van der Waals surface area contributed by atoms with Crippen molar-refractivity contribution in [3.05, 3.63) is 105 Å². The van der Waals surface area contributed by atoms with Crippen LogP contribution in [0.3, 0.4) is 0 Å². The number of hydrogen-bond acceptors (Lipinski definition) is 4. The molecule has 0 saturated heterocycles. The molecule has 2 heterocycles. The predicted octanol–water partition coefficient (Wildman–Crippen LogP) is 6.07. The van der Waals surface area contributed by atoms with Crippen LogP contribution >= 0.6 is 15.9 Å². The molecule has 0 aliphatic carbocycles. The number of hydrogen-bond donors (Lipinski definition) is 1. The fourth-order valence-corrected chi connectivity index (χ4v) is 4.82. The molecule has 8 heteroatoms. The summed E-state index contributed by atoms with van der Waals surface area (Å²) in [5.41, 5.74) is 3.80. The first-order chi connectivity index (χ1) is 17.8. The van der Waals surface area contributed by atoms with E-state index in [4.69, 9.17) is 4.98 Å². The second-order valence-corrected chi connectivity index (χ2v) is 10.1. The van der Waals surface area contributed by atoms with E-state index in [-0.39, 0.29) is 23.9 Å². The van der Waals surface area contributed by atoms with Gasteiger partial charge in [-0.1, -0.05) is 66.2 Å². The molecule has 0 fully saturated rings. The van der Waals surface area contributed by atoms with E-state index in [1.165, 1.54) is 4.68 Å². The van der Waals surface area contributed by atoms with Gasteiger partial charge in [0.1, 0.15) is 12.4 Å². The zero-order valence-electron chi connectivity index (χ0n) is 20.8. The molecule has 3 aromatic carbocycles. The molecule has 186 valence electrons. The Hall–Kier alpha value is -4.04. The molecule has 0 radical (unpaired) electrons. The lowest BCUT2D eigenvalue weighted by molar-refractivity contribution is -0.116. The molecular formula is C29H26BrN5O2. The van der Waals surface area contributed by atoms with Crippen LogP contribution in [0.15, 0.2) is 87.2 Å². The van der Waals surface area contributed by atoms with Gasteiger partial charge in [0.15, 0.2) is 0 Å². The van der Waals surface area contributed by atoms with E-state index < -0.39 is 0 Å². The van der Waals surface area contributed by atoms with E-state index in [0.717, 1.165) is 32.3 Å². The molecular weight excluding hydrogens is 530 g/mol. The minimum absolute atomic E-state index is 0.0120. The number of halogens is 1. The maximum absolute atomic E-state index is 13.4. The number of nitrogens with one attached hydrogen (secondary N) is 1. The molecule has 5 rings (SSSR count). The maximum Gasteiger partial charge on any atom is 0.282 e. The highest BCUT2D eigenvalue weighted by Crippen LogP contribution is 2.25. The number of aromatic nitrogens is 3. The van der Waals surface area contributed by atoms with Gasteiger partial charge in [-0.2, -0.15) is 9.78 Å². The number of amides is 1. The third kappa shape index (κ3) is 4.84. The fourth-order valence-electron chi connectivity index (χ4n) is 4.46. The monoisotopic (exact) mass is 555 g/mol. The topological polar surface area (TPSA) is 81.3 Å². The van der Waals surface area contributed by atoms with Crippen molar-refractivity contribution in [1.29, 1.82) is 0 Å². The Morgan fingerprint density at radius 1 is 1.05 bits per heavy atom. The van der Waals surface area contributed by atoms with Crippen LogP contribution in [0.25, 0.3) is 21.8 Å². The van der Waals surface area contributed by atoms with Crippen LogP contribution in [-0.4, -0.2) is 26.3 Å². The minimum Gasteiger partial charge on any atom is -0.335 e. The zero-order chi connectivity index (χ0) is 26.1. The normalized spacial score (nSPS) is 11.7. The van der Waals surface area contributed by atoms with Gasteiger partial charge < -0.3 is 9.88 Å². The Morgan fingerprint density at radius 2 is 1.78 bits per heavy atom. The van der Waals surface area contributed by atoms with Crippen molar-refractivity contribution >= 4 is 55.5 Å². The van der Waals surface area contributed by atoms with Gasteiger partial charge in [0, 0.05) is 38.2 Å². The standard InChI is InChI=1S/C29H26BrN5O2/c1-18(2)28-33-25-14-13-20(30)15-23(25)29(37)35(28)31-16-24-19(3)34(26-12-8-7-11-22(24)26)17-27(36)32-21-9-5-4-6-10-21/h4-16,18H,17H2,1-3H3,(H,32,36). The quantitative estimate of drug-likeness (QED) is 0.258. The molecule has 0 aliphatic rings. The SMILES string of the molecule is Cc1c(C=Nn2c(C(C)C)nc3ccc(Br)cc3c2=O)c2ccccc2n1CC(=O)Nc1ccccc1. The lowest BCUT2D eigenvalue weighted by Gasteiger charge is -2.12. The summed E-state index contributed by atoms with van der Waals surface area (Å²) in [6, 6.07) is 22.7. The van der Waals surface area contributed by atoms with Crippen LogP contribution in [0.4, 0.5) is 5.69 Å². The van der Waals surface area contributed by atoms with Crippen molar-refractivity contribution < 1.29 is 4.79 Å². The van der Waals surface area contributed by atoms with Crippen LogP contribution in [0.1, 0.15) is 36.8 Å². The summed E-state index contributed by atoms with van der Waals surface area (Å²) in [5, 5.41) is 9.03. The van der Waals surface area contributed by atoms with E-state index in [1.54, 1.807) is 12.3 Å². The van der Waals surface area contributed by atoms with Crippen molar-refractivity contribution in [3.8, 4) is 0 Å². The van der Waals surface area contributed by atoms with E-state index >= 15 is 0 Å². The van der Waals surface area contributed by atoms with E-state index in [2.05, 4.69) is 26.3 Å². The van der Waals surface area contributed by atoms with Crippen molar-refractivity contribution in [2.24, 2.45) is 5.10 Å². The van der Waals surface area contributed by atoms with Crippen molar-refractivity contribution in [1.82, 2.24) is 14.2 Å². The third-order valence-corrected chi connectivity index (χ3v) is 6.78. The van der Waals surface area contributed by atoms with E-state index in [9.17, 15) is 9.59 Å². The first-order valence-electron chi connectivity index (χ1n) is 12.0. The highest BCUT2D eigenvalue weighted by molar-refractivity contribution is 9.10. The smallest absolute Gasteiger partial charge is 0.282 e. The number of carbonyl (C=O) groups excluding carboxylic acids is 1. The Balaban J connectivity index is 1.58. The summed E-state index contributed by atoms with van der Waals surface area (Å²) in [5.74, 6) is 0.447. The second-order valence-electron chi connectivity index (χ2n) is 9.16. The molecule has 1 amide bonds. The Morgan fingerprint density at radius 3 is 2.54 bits per heavy atom. The number of rotatable bonds is 6. The first-order valence-corrected chi connectivity index (χ1v) is 12.8. The molecule has 0 bridgehead atoms. The van der Waals surface area contributed by atoms with Crippen LogP contribution in [-0.2, 0) is 11.3 Å². The van der Waals surface area contributed by atoms with Crippen molar-refractivity contribution in [2.45, 2.75) is 33.2 Å². The highest BCUT2D eigenvalue weighted by Gasteiger charge is 2.17. The number of benzene rings is 3. The molecule has 7 nitrogen and oxygen atoms in total.